The summed E-state index contributed by atoms with van der Waals surface area (Å²) in [7, 11) is -3.46. The number of benzene rings is 1. The lowest BCUT2D eigenvalue weighted by Gasteiger charge is -2.06. The smallest absolute Gasteiger partial charge is 0.224 e. The second-order valence-corrected chi connectivity index (χ2v) is 5.98. The highest BCUT2D eigenvalue weighted by Gasteiger charge is 2.07. The third-order valence-electron chi connectivity index (χ3n) is 2.24. The van der Waals surface area contributed by atoms with E-state index in [1.54, 1.807) is 24.3 Å². The van der Waals surface area contributed by atoms with Crippen molar-refractivity contribution >= 4 is 27.5 Å². The van der Waals surface area contributed by atoms with Crippen molar-refractivity contribution in [3.05, 3.63) is 34.9 Å². The van der Waals surface area contributed by atoms with Crippen LogP contribution in [0.5, 0.6) is 0 Å². The van der Waals surface area contributed by atoms with E-state index in [1.807, 2.05) is 0 Å². The van der Waals surface area contributed by atoms with E-state index in [9.17, 15) is 13.2 Å². The number of rotatable bonds is 6. The number of halogens is 1. The molecule has 1 amide bonds. The van der Waals surface area contributed by atoms with Gasteiger partial charge in [0.1, 0.15) is 0 Å². The molecule has 0 aliphatic heterocycles. The Kier molecular flexibility index (Phi) is 5.58. The molecule has 1 aromatic rings. The van der Waals surface area contributed by atoms with Gasteiger partial charge in [0.05, 0.1) is 12.2 Å². The minimum Gasteiger partial charge on any atom is -0.356 e. The van der Waals surface area contributed by atoms with Crippen molar-refractivity contribution in [1.29, 1.82) is 0 Å². The predicted octanol–water partition coefficient (Wildman–Crippen LogP) is 0.677. The van der Waals surface area contributed by atoms with Crippen molar-refractivity contribution in [1.82, 2.24) is 5.32 Å². The van der Waals surface area contributed by atoms with E-state index < -0.39 is 10.0 Å². The maximum Gasteiger partial charge on any atom is 0.224 e. The average molecular weight is 291 g/mol. The number of primary sulfonamides is 1. The summed E-state index contributed by atoms with van der Waals surface area (Å²) in [6.07, 6.45) is 0.474. The summed E-state index contributed by atoms with van der Waals surface area (Å²) >= 11 is 5.91. The van der Waals surface area contributed by atoms with Gasteiger partial charge in [-0.15, -0.1) is 0 Å². The minimum atomic E-state index is -3.46. The maximum absolute atomic E-state index is 11.5. The molecule has 0 saturated heterocycles. The molecule has 0 heterocycles. The Labute approximate surface area is 111 Å². The first-order valence-electron chi connectivity index (χ1n) is 5.39. The highest BCUT2D eigenvalue weighted by Crippen LogP contribution is 2.15. The second-order valence-electron chi connectivity index (χ2n) is 3.84. The third-order valence-corrected chi connectivity index (χ3v) is 3.46. The molecule has 0 aliphatic rings. The number of sulfonamides is 1. The lowest BCUT2D eigenvalue weighted by Crippen LogP contribution is -2.28. The molecule has 0 saturated carbocycles. The molecular weight excluding hydrogens is 276 g/mol. The van der Waals surface area contributed by atoms with E-state index in [0.717, 1.165) is 5.56 Å². The van der Waals surface area contributed by atoms with Gasteiger partial charge in [-0.25, -0.2) is 13.6 Å². The molecule has 1 aromatic carbocycles. The summed E-state index contributed by atoms with van der Waals surface area (Å²) in [5.74, 6) is -0.336. The van der Waals surface area contributed by atoms with Gasteiger partial charge in [0.15, 0.2) is 0 Å². The van der Waals surface area contributed by atoms with Gasteiger partial charge in [-0.05, 0) is 18.1 Å². The summed E-state index contributed by atoms with van der Waals surface area (Å²) in [4.78, 5) is 11.5. The molecule has 0 aromatic heterocycles. The van der Waals surface area contributed by atoms with E-state index in [4.69, 9.17) is 16.7 Å². The number of carbonyl (C=O) groups is 1. The lowest BCUT2D eigenvalue weighted by molar-refractivity contribution is -0.120. The quantitative estimate of drug-likeness (QED) is 0.755. The number of nitrogens with one attached hydrogen (secondary N) is 1. The van der Waals surface area contributed by atoms with Crippen molar-refractivity contribution < 1.29 is 13.2 Å². The number of amides is 1. The third kappa shape index (κ3) is 6.00. The number of nitrogens with two attached hydrogens (primary N) is 1. The van der Waals surface area contributed by atoms with Gasteiger partial charge in [-0.1, -0.05) is 29.8 Å². The standard InChI is InChI=1S/C11H15ClN2O3S/c12-10-5-2-1-4-9(10)8-11(15)14-6-3-7-18(13,16)17/h1-2,4-5H,3,6-8H2,(H,14,15)(H2,13,16,17). The van der Waals surface area contributed by atoms with Gasteiger partial charge in [0, 0.05) is 11.6 Å². The zero-order chi connectivity index (χ0) is 13.6. The molecule has 0 spiro atoms. The summed E-state index contributed by atoms with van der Waals surface area (Å²) < 4.78 is 21.3. The molecule has 0 fully saturated rings. The fourth-order valence-corrected chi connectivity index (χ4v) is 2.13. The topological polar surface area (TPSA) is 89.3 Å². The minimum absolute atomic E-state index is 0.140. The van der Waals surface area contributed by atoms with Crippen LogP contribution in [0, 0.1) is 0 Å². The molecule has 3 N–H and O–H groups in total. The molecule has 0 radical (unpaired) electrons. The Morgan fingerprint density at radius 3 is 2.61 bits per heavy atom. The van der Waals surface area contributed by atoms with Crippen LogP contribution >= 0.6 is 11.6 Å². The normalized spacial score (nSPS) is 11.2. The number of hydrogen-bond donors (Lipinski definition) is 2. The first kappa shape index (κ1) is 14.9. The van der Waals surface area contributed by atoms with Crippen molar-refractivity contribution in [3.63, 3.8) is 0 Å². The van der Waals surface area contributed by atoms with Crippen LogP contribution in [0.2, 0.25) is 5.02 Å². The molecule has 0 unspecified atom stereocenters. The molecule has 0 bridgehead atoms. The van der Waals surface area contributed by atoms with E-state index in [0.29, 0.717) is 11.4 Å². The Morgan fingerprint density at radius 2 is 2.00 bits per heavy atom. The van der Waals surface area contributed by atoms with Crippen molar-refractivity contribution in [2.45, 2.75) is 12.8 Å². The summed E-state index contributed by atoms with van der Waals surface area (Å²) in [5.41, 5.74) is 0.739. The molecule has 0 atom stereocenters. The largest absolute Gasteiger partial charge is 0.356 e. The van der Waals surface area contributed by atoms with Crippen LogP contribution in [0.1, 0.15) is 12.0 Å². The number of carbonyl (C=O) groups excluding carboxylic acids is 1. The van der Waals surface area contributed by atoms with Crippen molar-refractivity contribution in [2.75, 3.05) is 12.3 Å². The van der Waals surface area contributed by atoms with Crippen LogP contribution in [0.3, 0.4) is 0 Å². The van der Waals surface area contributed by atoms with E-state index in [1.165, 1.54) is 0 Å². The molecule has 0 aliphatic carbocycles. The molecule has 1 rings (SSSR count). The fourth-order valence-electron chi connectivity index (χ4n) is 1.38. The van der Waals surface area contributed by atoms with E-state index in [-0.39, 0.29) is 24.6 Å². The van der Waals surface area contributed by atoms with Gasteiger partial charge in [-0.3, -0.25) is 4.79 Å². The SMILES string of the molecule is NS(=O)(=O)CCCNC(=O)Cc1ccccc1Cl. The van der Waals surface area contributed by atoms with Gasteiger partial charge < -0.3 is 5.32 Å². The van der Waals surface area contributed by atoms with Crippen LogP contribution in [-0.2, 0) is 21.2 Å². The zero-order valence-corrected chi connectivity index (χ0v) is 11.3. The van der Waals surface area contributed by atoms with Crippen LogP contribution in [0.25, 0.3) is 0 Å². The van der Waals surface area contributed by atoms with Crippen LogP contribution in [-0.4, -0.2) is 26.6 Å². The lowest BCUT2D eigenvalue weighted by atomic mass is 10.1. The first-order valence-corrected chi connectivity index (χ1v) is 7.48. The first-order chi connectivity index (χ1) is 8.38. The molecular formula is C11H15ClN2O3S. The average Bonchev–Trinajstić information content (AvgIpc) is 2.26. The molecule has 5 nitrogen and oxygen atoms in total. The Morgan fingerprint density at radius 1 is 1.33 bits per heavy atom. The fraction of sp³-hybridized carbons (Fsp3) is 0.364. The Hall–Kier alpha value is -1.11. The highest BCUT2D eigenvalue weighted by atomic mass is 35.5. The molecule has 100 valence electrons. The Bertz CT molecular complexity index is 517. The monoisotopic (exact) mass is 290 g/mol. The summed E-state index contributed by atoms with van der Waals surface area (Å²) in [5, 5.41) is 7.99. The van der Waals surface area contributed by atoms with Crippen LogP contribution in [0.15, 0.2) is 24.3 Å². The highest BCUT2D eigenvalue weighted by molar-refractivity contribution is 7.89. The predicted molar refractivity (Wildman–Crippen MR) is 70.8 cm³/mol. The summed E-state index contributed by atoms with van der Waals surface area (Å²) in [6, 6.07) is 7.07. The van der Waals surface area contributed by atoms with Gasteiger partial charge in [0.25, 0.3) is 0 Å². The van der Waals surface area contributed by atoms with Gasteiger partial charge in [-0.2, -0.15) is 0 Å². The van der Waals surface area contributed by atoms with Crippen molar-refractivity contribution in [2.24, 2.45) is 5.14 Å². The van der Waals surface area contributed by atoms with Gasteiger partial charge in [0.2, 0.25) is 15.9 Å². The van der Waals surface area contributed by atoms with Crippen LogP contribution < -0.4 is 10.5 Å². The van der Waals surface area contributed by atoms with Crippen molar-refractivity contribution in [3.8, 4) is 0 Å². The summed E-state index contributed by atoms with van der Waals surface area (Å²) in [6.45, 7) is 0.277. The molecule has 18 heavy (non-hydrogen) atoms. The number of hydrogen-bond acceptors (Lipinski definition) is 3. The van der Waals surface area contributed by atoms with E-state index in [2.05, 4.69) is 5.32 Å². The zero-order valence-electron chi connectivity index (χ0n) is 9.73. The van der Waals surface area contributed by atoms with Gasteiger partial charge >= 0.3 is 0 Å². The van der Waals surface area contributed by atoms with E-state index >= 15 is 0 Å². The van der Waals surface area contributed by atoms with Crippen LogP contribution in [0.4, 0.5) is 0 Å². The second kappa shape index (κ2) is 6.72. The molecule has 7 heteroatoms. The maximum atomic E-state index is 11.5. The Balaban J connectivity index is 2.33.